The van der Waals surface area contributed by atoms with Gasteiger partial charge in [-0.25, -0.2) is 10.2 Å². The number of ether oxygens (including phenoxy) is 3. The number of carbonyl (C=O) groups excluding carboxylic acids is 2. The van der Waals surface area contributed by atoms with E-state index in [-0.39, 0.29) is 0 Å². The van der Waals surface area contributed by atoms with Crippen LogP contribution in [0.3, 0.4) is 0 Å². The number of hydrogen-bond acceptors (Lipinski definition) is 6. The van der Waals surface area contributed by atoms with E-state index < -0.39 is 18.0 Å². The molecule has 7 nitrogen and oxygen atoms in total. The van der Waals surface area contributed by atoms with Gasteiger partial charge in [0.05, 0.1) is 18.4 Å². The Hall–Kier alpha value is -4.17. The topological polar surface area (TPSA) is 86.2 Å². The average Bonchev–Trinajstić information content (AvgIpc) is 2.90. The van der Waals surface area contributed by atoms with E-state index in [0.29, 0.717) is 35.0 Å². The summed E-state index contributed by atoms with van der Waals surface area (Å²) in [6, 6.07) is 25.4. The predicted molar refractivity (Wildman–Crippen MR) is 146 cm³/mol. The van der Waals surface area contributed by atoms with Gasteiger partial charge in [-0.05, 0) is 79.2 Å². The lowest BCUT2D eigenvalue weighted by Crippen LogP contribution is -2.33. The Kier molecular flexibility index (Phi) is 8.53. The van der Waals surface area contributed by atoms with Crippen LogP contribution in [0.5, 0.6) is 17.2 Å². The lowest BCUT2D eigenvalue weighted by molar-refractivity contribution is -0.127. The van der Waals surface area contributed by atoms with Crippen LogP contribution in [-0.4, -0.2) is 30.8 Å². The Morgan fingerprint density at radius 1 is 0.946 bits per heavy atom. The van der Waals surface area contributed by atoms with Gasteiger partial charge in [0.25, 0.3) is 5.91 Å². The van der Waals surface area contributed by atoms with Gasteiger partial charge >= 0.3 is 5.97 Å². The van der Waals surface area contributed by atoms with Crippen molar-refractivity contribution in [3.63, 3.8) is 0 Å². The summed E-state index contributed by atoms with van der Waals surface area (Å²) in [5.41, 5.74) is 3.35. The van der Waals surface area contributed by atoms with Crippen molar-refractivity contribution in [1.82, 2.24) is 5.43 Å². The van der Waals surface area contributed by atoms with E-state index in [1.54, 1.807) is 49.4 Å². The number of carbonyl (C=O) groups is 2. The Balaban J connectivity index is 1.39. The Morgan fingerprint density at radius 3 is 2.43 bits per heavy atom. The maximum atomic E-state index is 12.6. The molecule has 1 atom stereocenters. The minimum Gasteiger partial charge on any atom is -0.494 e. The van der Waals surface area contributed by atoms with E-state index >= 15 is 0 Å². The first-order valence-electron chi connectivity index (χ1n) is 11.7. The molecule has 0 spiro atoms. The maximum Gasteiger partial charge on any atom is 0.343 e. The largest absolute Gasteiger partial charge is 0.494 e. The Labute approximate surface area is 223 Å². The molecule has 0 aliphatic carbocycles. The zero-order valence-corrected chi connectivity index (χ0v) is 21.9. The molecule has 0 bridgehead atoms. The average molecular weight is 561 g/mol. The van der Waals surface area contributed by atoms with Crippen LogP contribution in [0.1, 0.15) is 29.8 Å². The summed E-state index contributed by atoms with van der Waals surface area (Å²) in [5.74, 6) is 0.597. The van der Waals surface area contributed by atoms with Crippen molar-refractivity contribution in [3.8, 4) is 17.2 Å². The summed E-state index contributed by atoms with van der Waals surface area (Å²) in [6.45, 7) is 4.07. The van der Waals surface area contributed by atoms with E-state index in [0.717, 1.165) is 15.2 Å². The van der Waals surface area contributed by atoms with Crippen LogP contribution in [0.2, 0.25) is 0 Å². The third kappa shape index (κ3) is 6.95. The second-order valence-electron chi connectivity index (χ2n) is 8.03. The monoisotopic (exact) mass is 560 g/mol. The number of nitrogens with zero attached hydrogens (tertiary/aromatic N) is 1. The summed E-state index contributed by atoms with van der Waals surface area (Å²) in [6.07, 6.45) is 0.629. The maximum absolute atomic E-state index is 12.6. The standard InChI is InChI=1S/C29H25BrN2O5/c1-3-35-25-12-9-21(10-13-25)29(34)37-27-15-11-24(30)16-23(27)18-31-32-28(33)19(2)36-26-14-8-20-6-4-5-7-22(20)17-26/h4-19H,3H2,1-2H3,(H,32,33)/b31-18-/t19-/m1/s1. The van der Waals surface area contributed by atoms with Crippen molar-refractivity contribution in [3.05, 3.63) is 101 Å². The van der Waals surface area contributed by atoms with E-state index in [2.05, 4.69) is 26.5 Å². The van der Waals surface area contributed by atoms with Gasteiger partial charge in [-0.3, -0.25) is 4.79 Å². The smallest absolute Gasteiger partial charge is 0.343 e. The summed E-state index contributed by atoms with van der Waals surface area (Å²) in [5, 5.41) is 6.14. The van der Waals surface area contributed by atoms with Crippen LogP contribution < -0.4 is 19.6 Å². The molecule has 0 saturated carbocycles. The molecule has 0 heterocycles. The molecule has 1 N–H and O–H groups in total. The normalized spacial score (nSPS) is 11.8. The number of nitrogens with one attached hydrogen (secondary N) is 1. The van der Waals surface area contributed by atoms with E-state index in [1.807, 2.05) is 49.4 Å². The van der Waals surface area contributed by atoms with Gasteiger partial charge in [-0.1, -0.05) is 46.3 Å². The molecule has 4 rings (SSSR count). The molecule has 0 unspecified atom stereocenters. The molecule has 0 saturated heterocycles. The van der Waals surface area contributed by atoms with Gasteiger partial charge in [0.1, 0.15) is 17.2 Å². The third-order valence-corrected chi connectivity index (χ3v) is 5.85. The summed E-state index contributed by atoms with van der Waals surface area (Å²) in [7, 11) is 0. The molecule has 4 aromatic carbocycles. The fourth-order valence-electron chi connectivity index (χ4n) is 3.48. The number of esters is 1. The SMILES string of the molecule is CCOc1ccc(C(=O)Oc2ccc(Br)cc2/C=N\NC(=O)[C@@H](C)Oc2ccc3ccccc3c2)cc1. The minimum atomic E-state index is -0.780. The van der Waals surface area contributed by atoms with Crippen molar-refractivity contribution in [2.45, 2.75) is 20.0 Å². The highest BCUT2D eigenvalue weighted by Crippen LogP contribution is 2.24. The van der Waals surface area contributed by atoms with Crippen molar-refractivity contribution < 1.29 is 23.8 Å². The highest BCUT2D eigenvalue weighted by molar-refractivity contribution is 9.10. The molecule has 188 valence electrons. The molecule has 0 aromatic heterocycles. The van der Waals surface area contributed by atoms with Crippen LogP contribution in [0.15, 0.2) is 94.5 Å². The summed E-state index contributed by atoms with van der Waals surface area (Å²) in [4.78, 5) is 25.2. The first-order chi connectivity index (χ1) is 17.9. The molecule has 8 heteroatoms. The fraction of sp³-hybridized carbons (Fsp3) is 0.138. The van der Waals surface area contributed by atoms with Gasteiger partial charge in [0, 0.05) is 10.0 Å². The van der Waals surface area contributed by atoms with Crippen molar-refractivity contribution in [2.75, 3.05) is 6.61 Å². The highest BCUT2D eigenvalue weighted by Gasteiger charge is 2.15. The first-order valence-corrected chi connectivity index (χ1v) is 12.4. The number of halogens is 1. The molecular formula is C29H25BrN2O5. The number of fused-ring (bicyclic) bond motifs is 1. The number of hydrazone groups is 1. The Bertz CT molecular complexity index is 1440. The summed E-state index contributed by atoms with van der Waals surface area (Å²) < 4.78 is 17.5. The number of amides is 1. The van der Waals surface area contributed by atoms with Crippen LogP contribution >= 0.6 is 15.9 Å². The first kappa shape index (κ1) is 25.9. The van der Waals surface area contributed by atoms with Crippen molar-refractivity contribution in [1.29, 1.82) is 0 Å². The van der Waals surface area contributed by atoms with Gasteiger partial charge in [0.15, 0.2) is 6.10 Å². The zero-order chi connectivity index (χ0) is 26.2. The van der Waals surface area contributed by atoms with Gasteiger partial charge < -0.3 is 14.2 Å². The fourth-order valence-corrected chi connectivity index (χ4v) is 3.86. The minimum absolute atomic E-state index is 0.292. The van der Waals surface area contributed by atoms with Crippen LogP contribution in [0.4, 0.5) is 0 Å². The summed E-state index contributed by atoms with van der Waals surface area (Å²) >= 11 is 3.40. The predicted octanol–water partition coefficient (Wildman–Crippen LogP) is 6.14. The molecule has 0 aliphatic rings. The second-order valence-corrected chi connectivity index (χ2v) is 8.95. The molecule has 1 amide bonds. The lowest BCUT2D eigenvalue weighted by atomic mass is 10.1. The number of benzene rings is 4. The molecule has 0 fully saturated rings. The number of rotatable bonds is 9. The molecular weight excluding hydrogens is 536 g/mol. The number of hydrogen-bond donors (Lipinski definition) is 1. The van der Waals surface area contributed by atoms with Crippen LogP contribution in [0, 0.1) is 0 Å². The third-order valence-electron chi connectivity index (χ3n) is 5.36. The van der Waals surface area contributed by atoms with E-state index in [9.17, 15) is 9.59 Å². The van der Waals surface area contributed by atoms with E-state index in [4.69, 9.17) is 14.2 Å². The van der Waals surface area contributed by atoms with Crippen molar-refractivity contribution >= 4 is 44.8 Å². The highest BCUT2D eigenvalue weighted by atomic mass is 79.9. The van der Waals surface area contributed by atoms with Gasteiger partial charge in [-0.15, -0.1) is 0 Å². The quantitative estimate of drug-likeness (QED) is 0.115. The van der Waals surface area contributed by atoms with Crippen LogP contribution in [0.25, 0.3) is 10.8 Å². The van der Waals surface area contributed by atoms with Crippen molar-refractivity contribution in [2.24, 2.45) is 5.10 Å². The molecule has 0 radical (unpaired) electrons. The van der Waals surface area contributed by atoms with Gasteiger partial charge in [-0.2, -0.15) is 5.10 Å². The Morgan fingerprint density at radius 2 is 1.68 bits per heavy atom. The molecule has 37 heavy (non-hydrogen) atoms. The second kappa shape index (κ2) is 12.2. The lowest BCUT2D eigenvalue weighted by Gasteiger charge is -2.13. The molecule has 4 aromatic rings. The van der Waals surface area contributed by atoms with Crippen LogP contribution in [-0.2, 0) is 4.79 Å². The van der Waals surface area contributed by atoms with Gasteiger partial charge in [0.2, 0.25) is 0 Å². The molecule has 0 aliphatic heterocycles. The van der Waals surface area contributed by atoms with E-state index in [1.165, 1.54) is 6.21 Å². The zero-order valence-electron chi connectivity index (χ0n) is 20.3.